The number of nitrogens with zero attached hydrogens (tertiary/aromatic N) is 2. The number of carbonyl (C=O) groups excluding carboxylic acids is 1. The van der Waals surface area contributed by atoms with E-state index < -0.39 is 0 Å². The van der Waals surface area contributed by atoms with Crippen LogP contribution in [0.3, 0.4) is 0 Å². The second-order valence-corrected chi connectivity index (χ2v) is 7.87. The minimum Gasteiger partial charge on any atom is -0.377 e. The largest absolute Gasteiger partial charge is 0.377 e. The first kappa shape index (κ1) is 20.4. The summed E-state index contributed by atoms with van der Waals surface area (Å²) in [6.45, 7) is 7.29. The molecule has 7 nitrogen and oxygen atoms in total. The Morgan fingerprint density at radius 3 is 2.81 bits per heavy atom. The van der Waals surface area contributed by atoms with E-state index >= 15 is 0 Å². The minimum atomic E-state index is 0.266. The van der Waals surface area contributed by atoms with Gasteiger partial charge in [-0.3, -0.25) is 9.79 Å². The number of aliphatic imine (C=N–C) groups is 1. The molecule has 3 rings (SSSR count). The second-order valence-electron chi connectivity index (χ2n) is 7.87. The van der Waals surface area contributed by atoms with E-state index in [1.165, 1.54) is 12.8 Å². The fourth-order valence-electron chi connectivity index (χ4n) is 4.24. The first-order chi connectivity index (χ1) is 13.3. The van der Waals surface area contributed by atoms with Gasteiger partial charge in [0.25, 0.3) is 0 Å². The van der Waals surface area contributed by atoms with Gasteiger partial charge in [-0.2, -0.15) is 0 Å². The lowest BCUT2D eigenvalue weighted by atomic mass is 10.1. The lowest BCUT2D eigenvalue weighted by molar-refractivity contribution is -0.134. The van der Waals surface area contributed by atoms with E-state index in [1.54, 1.807) is 0 Å². The van der Waals surface area contributed by atoms with Crippen LogP contribution in [0.25, 0.3) is 0 Å². The summed E-state index contributed by atoms with van der Waals surface area (Å²) in [7, 11) is 0. The molecule has 3 aliphatic rings. The predicted molar refractivity (Wildman–Crippen MR) is 106 cm³/mol. The molecule has 0 aromatic heterocycles. The van der Waals surface area contributed by atoms with Crippen molar-refractivity contribution in [2.24, 2.45) is 10.9 Å². The van der Waals surface area contributed by atoms with Crippen molar-refractivity contribution in [3.8, 4) is 0 Å². The van der Waals surface area contributed by atoms with E-state index in [2.05, 4.69) is 22.5 Å². The molecule has 0 radical (unpaired) electrons. The number of ether oxygens (including phenoxy) is 2. The minimum absolute atomic E-state index is 0.266. The van der Waals surface area contributed by atoms with Crippen LogP contribution in [0.1, 0.15) is 51.9 Å². The van der Waals surface area contributed by atoms with E-state index in [1.807, 2.05) is 4.90 Å². The number of carbonyl (C=O) groups is 1. The summed E-state index contributed by atoms with van der Waals surface area (Å²) in [5, 5.41) is 6.78. The van der Waals surface area contributed by atoms with Crippen molar-refractivity contribution in [1.82, 2.24) is 15.5 Å². The number of hydrogen-bond donors (Lipinski definition) is 2. The lowest BCUT2D eigenvalue weighted by Gasteiger charge is -2.21. The molecular formula is C20H36N4O3. The number of nitrogens with one attached hydrogen (secondary N) is 2. The normalized spacial score (nSPS) is 26.7. The van der Waals surface area contributed by atoms with Crippen molar-refractivity contribution in [3.05, 3.63) is 0 Å². The quantitative estimate of drug-likeness (QED) is 0.379. The second kappa shape index (κ2) is 10.9. The van der Waals surface area contributed by atoms with Gasteiger partial charge in [0.2, 0.25) is 5.91 Å². The highest BCUT2D eigenvalue weighted by molar-refractivity contribution is 5.81. The van der Waals surface area contributed by atoms with Gasteiger partial charge in [0.05, 0.1) is 25.9 Å². The van der Waals surface area contributed by atoms with Gasteiger partial charge >= 0.3 is 0 Å². The third kappa shape index (κ3) is 6.35. The maximum absolute atomic E-state index is 12.6. The summed E-state index contributed by atoms with van der Waals surface area (Å²) in [5.41, 5.74) is 0. The molecule has 154 valence electrons. The van der Waals surface area contributed by atoms with E-state index in [9.17, 15) is 4.79 Å². The molecule has 7 heteroatoms. The Labute approximate surface area is 163 Å². The Morgan fingerprint density at radius 2 is 2.07 bits per heavy atom. The zero-order chi connectivity index (χ0) is 18.9. The number of rotatable bonds is 8. The predicted octanol–water partition coefficient (Wildman–Crippen LogP) is 1.53. The van der Waals surface area contributed by atoms with Crippen LogP contribution in [-0.4, -0.2) is 74.9 Å². The number of guanidine groups is 1. The molecule has 3 fully saturated rings. The van der Waals surface area contributed by atoms with Crippen molar-refractivity contribution in [1.29, 1.82) is 0 Å². The molecule has 0 bridgehead atoms. The van der Waals surface area contributed by atoms with Gasteiger partial charge in [-0.05, 0) is 39.0 Å². The maximum atomic E-state index is 12.6. The highest BCUT2D eigenvalue weighted by Gasteiger charge is 2.32. The molecule has 0 aromatic rings. The molecular weight excluding hydrogens is 344 g/mol. The first-order valence-corrected chi connectivity index (χ1v) is 10.8. The van der Waals surface area contributed by atoms with Crippen molar-refractivity contribution >= 4 is 11.9 Å². The Morgan fingerprint density at radius 1 is 1.22 bits per heavy atom. The summed E-state index contributed by atoms with van der Waals surface area (Å²) >= 11 is 0. The van der Waals surface area contributed by atoms with Gasteiger partial charge in [-0.25, -0.2) is 0 Å². The number of amides is 1. The highest BCUT2D eigenvalue weighted by atomic mass is 16.5. The highest BCUT2D eigenvalue weighted by Crippen LogP contribution is 2.27. The lowest BCUT2D eigenvalue weighted by Crippen LogP contribution is -2.45. The van der Waals surface area contributed by atoms with Gasteiger partial charge in [0, 0.05) is 38.2 Å². The molecule has 2 heterocycles. The van der Waals surface area contributed by atoms with Crippen molar-refractivity contribution in [3.63, 3.8) is 0 Å². The van der Waals surface area contributed by atoms with Crippen molar-refractivity contribution < 1.29 is 14.3 Å². The summed E-state index contributed by atoms with van der Waals surface area (Å²) in [4.78, 5) is 19.2. The van der Waals surface area contributed by atoms with Crippen molar-refractivity contribution in [2.45, 2.75) is 64.0 Å². The van der Waals surface area contributed by atoms with Crippen LogP contribution in [-0.2, 0) is 14.3 Å². The van der Waals surface area contributed by atoms with Crippen LogP contribution in [0.15, 0.2) is 4.99 Å². The monoisotopic (exact) mass is 380 g/mol. The molecule has 2 aliphatic heterocycles. The van der Waals surface area contributed by atoms with Crippen LogP contribution < -0.4 is 10.6 Å². The Bertz CT molecular complexity index is 488. The Balaban J connectivity index is 1.37. The summed E-state index contributed by atoms with van der Waals surface area (Å²) in [6.07, 6.45) is 8.05. The summed E-state index contributed by atoms with van der Waals surface area (Å²) in [6, 6.07) is 0.279. The summed E-state index contributed by atoms with van der Waals surface area (Å²) < 4.78 is 11.2. The third-order valence-corrected chi connectivity index (χ3v) is 5.72. The molecule has 1 saturated carbocycles. The number of hydrogen-bond acceptors (Lipinski definition) is 4. The molecule has 2 saturated heterocycles. The fraction of sp³-hybridized carbons (Fsp3) is 0.900. The first-order valence-electron chi connectivity index (χ1n) is 10.8. The average Bonchev–Trinajstić information content (AvgIpc) is 3.43. The van der Waals surface area contributed by atoms with Gasteiger partial charge in [0.1, 0.15) is 0 Å². The van der Waals surface area contributed by atoms with Gasteiger partial charge in [0.15, 0.2) is 5.96 Å². The SMILES string of the molecule is CCNC(=NCCOCC1CCCO1)NC1CCN(C(=O)C2CCCC2)C1. The summed E-state index contributed by atoms with van der Waals surface area (Å²) in [5.74, 6) is 1.45. The fourth-order valence-corrected chi connectivity index (χ4v) is 4.24. The van der Waals surface area contributed by atoms with Gasteiger partial charge in [-0.15, -0.1) is 0 Å². The van der Waals surface area contributed by atoms with Gasteiger partial charge < -0.3 is 25.0 Å². The molecule has 1 aliphatic carbocycles. The smallest absolute Gasteiger partial charge is 0.225 e. The average molecular weight is 381 g/mol. The molecule has 1 amide bonds. The molecule has 0 aromatic carbocycles. The van der Waals surface area contributed by atoms with E-state index in [0.717, 1.165) is 64.3 Å². The maximum Gasteiger partial charge on any atom is 0.225 e. The zero-order valence-electron chi connectivity index (χ0n) is 16.8. The van der Waals surface area contributed by atoms with Crippen molar-refractivity contribution in [2.75, 3.05) is 46.0 Å². The van der Waals surface area contributed by atoms with E-state index in [4.69, 9.17) is 9.47 Å². The van der Waals surface area contributed by atoms with Gasteiger partial charge in [-0.1, -0.05) is 12.8 Å². The topological polar surface area (TPSA) is 75.2 Å². The van der Waals surface area contributed by atoms with Crippen LogP contribution in [0.2, 0.25) is 0 Å². The molecule has 2 N–H and O–H groups in total. The zero-order valence-corrected chi connectivity index (χ0v) is 16.8. The molecule has 0 spiro atoms. The Hall–Kier alpha value is -1.34. The van der Waals surface area contributed by atoms with Crippen LogP contribution in [0.5, 0.6) is 0 Å². The molecule has 2 unspecified atom stereocenters. The number of likely N-dealkylation sites (tertiary alicyclic amines) is 1. The van der Waals surface area contributed by atoms with Crippen LogP contribution >= 0.6 is 0 Å². The van der Waals surface area contributed by atoms with Crippen LogP contribution in [0.4, 0.5) is 0 Å². The van der Waals surface area contributed by atoms with Crippen LogP contribution in [0, 0.1) is 5.92 Å². The van der Waals surface area contributed by atoms with E-state index in [0.29, 0.717) is 25.7 Å². The van der Waals surface area contributed by atoms with E-state index in [-0.39, 0.29) is 18.1 Å². The third-order valence-electron chi connectivity index (χ3n) is 5.72. The molecule has 27 heavy (non-hydrogen) atoms. The molecule has 2 atom stereocenters. The standard InChI is InChI=1S/C20H36N4O3/c1-2-21-20(22-10-13-26-15-18-8-5-12-27-18)23-17-9-11-24(14-17)19(25)16-6-3-4-7-16/h16-18H,2-15H2,1H3,(H2,21,22,23). The Kier molecular flexibility index (Phi) is 8.20.